The summed E-state index contributed by atoms with van der Waals surface area (Å²) in [5.41, 5.74) is -0.0744. The molecule has 272 valence electrons. The Balaban J connectivity index is 1.27. The molecule has 0 fully saturated rings. The van der Waals surface area contributed by atoms with E-state index in [0.717, 1.165) is 31.7 Å². The summed E-state index contributed by atoms with van der Waals surface area (Å²) >= 11 is 0. The highest BCUT2D eigenvalue weighted by atomic mass is 19.1. The van der Waals surface area contributed by atoms with Gasteiger partial charge in [0.15, 0.2) is 29.3 Å². The Hall–Kier alpha value is -5.69. The van der Waals surface area contributed by atoms with Crippen molar-refractivity contribution in [3.63, 3.8) is 0 Å². The number of amides is 1. The largest absolute Gasteiger partial charge is 0.493 e. The molecule has 1 N–H and O–H groups in total. The second-order valence-electron chi connectivity index (χ2n) is 12.3. The Kier molecular flexibility index (Phi) is 11.2. The highest BCUT2D eigenvalue weighted by Crippen LogP contribution is 2.49. The number of aromatic nitrogens is 2. The second-order valence-corrected chi connectivity index (χ2v) is 12.3. The minimum Gasteiger partial charge on any atom is -0.493 e. The van der Waals surface area contributed by atoms with Gasteiger partial charge >= 0.3 is 0 Å². The lowest BCUT2D eigenvalue weighted by atomic mass is 10.1. The Morgan fingerprint density at radius 2 is 1.71 bits per heavy atom. The molecule has 1 unspecified atom stereocenters. The van der Waals surface area contributed by atoms with E-state index in [0.29, 0.717) is 40.4 Å². The first-order valence-corrected chi connectivity index (χ1v) is 17.2. The van der Waals surface area contributed by atoms with Gasteiger partial charge in [-0.05, 0) is 82.4 Å². The van der Waals surface area contributed by atoms with E-state index < -0.39 is 23.1 Å². The van der Waals surface area contributed by atoms with Crippen molar-refractivity contribution in [1.29, 1.82) is 0 Å². The van der Waals surface area contributed by atoms with Gasteiger partial charge in [-0.25, -0.2) is 8.78 Å². The van der Waals surface area contributed by atoms with Gasteiger partial charge in [-0.15, -0.1) is 0 Å². The van der Waals surface area contributed by atoms with Gasteiger partial charge in [-0.3, -0.25) is 24.0 Å². The van der Waals surface area contributed by atoms with E-state index in [1.165, 1.54) is 53.2 Å². The van der Waals surface area contributed by atoms with Crippen LogP contribution in [0.5, 0.6) is 34.5 Å². The summed E-state index contributed by atoms with van der Waals surface area (Å²) in [6, 6.07) is 14.0. The quantitative estimate of drug-likeness (QED) is 0.0913. The predicted molar refractivity (Wildman–Crippen MR) is 193 cm³/mol. The molecule has 1 aliphatic heterocycles. The average Bonchev–Trinajstić information content (AvgIpc) is 3.13. The summed E-state index contributed by atoms with van der Waals surface area (Å²) in [6.07, 6.45) is 6.80. The molecule has 0 saturated heterocycles. The first-order chi connectivity index (χ1) is 25.2. The number of nitrogens with zero attached hydrogens (tertiary/aromatic N) is 3. The summed E-state index contributed by atoms with van der Waals surface area (Å²) in [7, 11) is 3.92. The van der Waals surface area contributed by atoms with Gasteiger partial charge in [0.2, 0.25) is 5.75 Å². The Labute approximate surface area is 299 Å². The van der Waals surface area contributed by atoms with Crippen LogP contribution in [-0.4, -0.2) is 60.5 Å². The van der Waals surface area contributed by atoms with Crippen LogP contribution in [0.1, 0.15) is 49.9 Å². The van der Waals surface area contributed by atoms with Crippen molar-refractivity contribution >= 4 is 22.5 Å². The van der Waals surface area contributed by atoms with E-state index in [2.05, 4.69) is 17.2 Å². The van der Waals surface area contributed by atoms with Gasteiger partial charge in [0.05, 0.1) is 17.5 Å². The molecule has 3 heterocycles. The maximum Gasteiger partial charge on any atom is 0.271 e. The third kappa shape index (κ3) is 7.79. The van der Waals surface area contributed by atoms with Crippen molar-refractivity contribution in [3.8, 4) is 40.2 Å². The summed E-state index contributed by atoms with van der Waals surface area (Å²) in [5.74, 6) is -0.590. The van der Waals surface area contributed by atoms with Crippen molar-refractivity contribution in [2.45, 2.75) is 45.8 Å². The predicted octanol–water partition coefficient (Wildman–Crippen LogP) is 7.73. The minimum absolute atomic E-state index is 0.0465. The number of carbonyl (C=O) groups is 1. The molecular weight excluding hydrogens is 674 g/mol. The van der Waals surface area contributed by atoms with E-state index >= 15 is 4.39 Å². The van der Waals surface area contributed by atoms with Crippen LogP contribution in [0, 0.1) is 11.6 Å². The zero-order chi connectivity index (χ0) is 36.8. The maximum atomic E-state index is 15.6. The van der Waals surface area contributed by atoms with Crippen LogP contribution in [-0.2, 0) is 0 Å². The number of pyridine rings is 2. The fourth-order valence-corrected chi connectivity index (χ4v) is 5.87. The third-order valence-electron chi connectivity index (χ3n) is 8.43. The van der Waals surface area contributed by atoms with Crippen molar-refractivity contribution in [3.05, 3.63) is 101 Å². The molecule has 11 nitrogen and oxygen atoms in total. The number of ether oxygens (including phenoxy) is 5. The normalized spacial score (nSPS) is 12.8. The molecule has 0 aliphatic carbocycles. The zero-order valence-corrected chi connectivity index (χ0v) is 29.4. The number of hydrogen-bond acceptors (Lipinski definition) is 9. The van der Waals surface area contributed by atoms with E-state index in [4.69, 9.17) is 23.7 Å². The molecule has 0 radical (unpaired) electrons. The number of unbranched alkanes of at least 4 members (excludes halogenated alkanes) is 2. The molecule has 1 aliphatic rings. The highest BCUT2D eigenvalue weighted by Gasteiger charge is 2.27. The SMILES string of the molecule is CCCCCC(Oc1cc2nccc(Oc3ccc(NC(=O)c4c(OCC)ccn(-c5ccc(F)cc5)c4=O)cc3F)c2c2c1OCCO2)N(C)C. The van der Waals surface area contributed by atoms with E-state index in [-0.39, 0.29) is 47.9 Å². The first kappa shape index (κ1) is 36.1. The lowest BCUT2D eigenvalue weighted by molar-refractivity contribution is 0.0487. The van der Waals surface area contributed by atoms with Gasteiger partial charge in [0, 0.05) is 35.9 Å². The number of carbonyl (C=O) groups excluding carboxylic acids is 1. The van der Waals surface area contributed by atoms with Crippen LogP contribution < -0.4 is 34.6 Å². The van der Waals surface area contributed by atoms with E-state index in [9.17, 15) is 14.0 Å². The molecule has 1 atom stereocenters. The molecular formula is C39H40F2N4O7. The molecule has 0 bridgehead atoms. The number of hydrogen-bond donors (Lipinski definition) is 1. The highest BCUT2D eigenvalue weighted by molar-refractivity contribution is 6.06. The van der Waals surface area contributed by atoms with Gasteiger partial charge in [-0.2, -0.15) is 0 Å². The molecule has 0 saturated carbocycles. The van der Waals surface area contributed by atoms with E-state index in [1.54, 1.807) is 25.3 Å². The minimum atomic E-state index is -0.818. The van der Waals surface area contributed by atoms with Crippen molar-refractivity contribution in [2.75, 3.05) is 39.2 Å². The van der Waals surface area contributed by atoms with E-state index in [1.807, 2.05) is 19.0 Å². The molecule has 13 heteroatoms. The number of rotatable bonds is 14. The third-order valence-corrected chi connectivity index (χ3v) is 8.43. The first-order valence-electron chi connectivity index (χ1n) is 17.2. The molecule has 3 aromatic carbocycles. The number of fused-ring (bicyclic) bond motifs is 3. The second kappa shape index (κ2) is 16.1. The van der Waals surface area contributed by atoms with Crippen LogP contribution in [0.25, 0.3) is 16.6 Å². The smallest absolute Gasteiger partial charge is 0.271 e. The van der Waals surface area contributed by atoms with Gasteiger partial charge in [0.1, 0.15) is 36.1 Å². The summed E-state index contributed by atoms with van der Waals surface area (Å²) in [5, 5.41) is 3.07. The fourth-order valence-electron chi connectivity index (χ4n) is 5.87. The van der Waals surface area contributed by atoms with Gasteiger partial charge in [-0.1, -0.05) is 19.8 Å². The molecule has 6 rings (SSSR count). The summed E-state index contributed by atoms with van der Waals surface area (Å²) < 4.78 is 60.6. The van der Waals surface area contributed by atoms with Crippen molar-refractivity contribution in [2.24, 2.45) is 0 Å². The number of halogens is 2. The number of benzene rings is 3. The standard InChI is InChI=1S/C39H40F2N4O7/c1-5-7-8-9-33(44(3)4)52-32-23-28-34(37-36(32)49-20-21-50-37)31(16-18-42-28)51-29-15-12-25(22-27(29)41)43-38(46)35-30(48-6-2)17-19-45(39(35)47)26-13-10-24(40)11-14-26/h10-19,22-23,33H,5-9,20-21H2,1-4H3,(H,43,46). The number of nitrogens with one attached hydrogen (secondary N) is 1. The fraction of sp³-hybridized carbons (Fsp3) is 0.308. The van der Waals surface area contributed by atoms with Crippen LogP contribution in [0.15, 0.2) is 77.9 Å². The van der Waals surface area contributed by atoms with Crippen molar-refractivity contribution in [1.82, 2.24) is 14.5 Å². The van der Waals surface area contributed by atoms with Gasteiger partial charge in [0.25, 0.3) is 11.5 Å². The summed E-state index contributed by atoms with van der Waals surface area (Å²) in [4.78, 5) is 33.5. The molecule has 2 aromatic heterocycles. The lowest BCUT2D eigenvalue weighted by Gasteiger charge is -2.29. The van der Waals surface area contributed by atoms with Gasteiger partial charge < -0.3 is 29.0 Å². The molecule has 0 spiro atoms. The maximum absolute atomic E-state index is 15.6. The summed E-state index contributed by atoms with van der Waals surface area (Å²) in [6.45, 7) is 4.67. The topological polar surface area (TPSA) is 113 Å². The van der Waals surface area contributed by atoms with Crippen molar-refractivity contribution < 1.29 is 37.3 Å². The molecule has 5 aromatic rings. The number of anilines is 1. The Morgan fingerprint density at radius 1 is 0.942 bits per heavy atom. The lowest BCUT2D eigenvalue weighted by Crippen LogP contribution is -2.33. The molecule has 52 heavy (non-hydrogen) atoms. The van der Waals surface area contributed by atoms with Crippen LogP contribution >= 0.6 is 0 Å². The average molecular weight is 715 g/mol. The Bertz CT molecular complexity index is 2120. The van der Waals surface area contributed by atoms with Crippen LogP contribution in [0.3, 0.4) is 0 Å². The van der Waals surface area contributed by atoms with Crippen LogP contribution in [0.2, 0.25) is 0 Å². The Morgan fingerprint density at radius 3 is 2.42 bits per heavy atom. The van der Waals surface area contributed by atoms with Crippen LogP contribution in [0.4, 0.5) is 14.5 Å². The molecule has 1 amide bonds. The monoisotopic (exact) mass is 714 g/mol. The zero-order valence-electron chi connectivity index (χ0n) is 29.4.